The van der Waals surface area contributed by atoms with E-state index in [9.17, 15) is 9.59 Å². The number of carbonyl (C=O) groups excluding carboxylic acids is 1. The zero-order chi connectivity index (χ0) is 24.2. The zero-order valence-electron chi connectivity index (χ0n) is 20.2. The number of rotatable bonds is 12. The molecular weight excluding hydrogens is 420 g/mol. The molecule has 0 N–H and O–H groups in total. The van der Waals surface area contributed by atoms with Crippen molar-refractivity contribution in [2.75, 3.05) is 13.2 Å². The number of esters is 1. The summed E-state index contributed by atoms with van der Waals surface area (Å²) >= 11 is 0. The van der Waals surface area contributed by atoms with Gasteiger partial charge in [0.05, 0.1) is 12.0 Å². The molecule has 0 bridgehead atoms. The summed E-state index contributed by atoms with van der Waals surface area (Å²) in [6.45, 7) is 10.1. The van der Waals surface area contributed by atoms with Gasteiger partial charge in [0.2, 0.25) is 5.75 Å². The number of carbonyl (C=O) groups is 1. The molecular formula is C27H34O6. The standard InChI is InChI=1S/C27H34O6/c1-6-7-8-9-17-31-26-25(32-21(5)28)22-14-11-15-23(24(22)33-27(26)29)30-18-16-20(4)13-10-12-19(2)3/h7-8,11-12,14-16H,6,9-10,13,17-18H2,1-5H3. The molecule has 6 nitrogen and oxygen atoms in total. The van der Waals surface area contributed by atoms with Crippen LogP contribution < -0.4 is 19.8 Å². The molecule has 2 rings (SSSR count). The van der Waals surface area contributed by atoms with Crippen LogP contribution in [-0.2, 0) is 4.79 Å². The van der Waals surface area contributed by atoms with E-state index in [-0.39, 0.29) is 23.7 Å². The quantitative estimate of drug-likeness (QED) is 0.157. The van der Waals surface area contributed by atoms with Crippen molar-refractivity contribution in [1.82, 2.24) is 0 Å². The predicted molar refractivity (Wildman–Crippen MR) is 131 cm³/mol. The third-order valence-corrected chi connectivity index (χ3v) is 4.75. The van der Waals surface area contributed by atoms with Gasteiger partial charge in [-0.3, -0.25) is 4.79 Å². The van der Waals surface area contributed by atoms with Gasteiger partial charge in [-0.1, -0.05) is 42.4 Å². The molecule has 0 amide bonds. The molecule has 6 heteroatoms. The molecule has 1 heterocycles. The van der Waals surface area contributed by atoms with E-state index >= 15 is 0 Å². The van der Waals surface area contributed by atoms with Crippen LogP contribution in [0.25, 0.3) is 11.0 Å². The maximum atomic E-state index is 12.7. The predicted octanol–water partition coefficient (Wildman–Crippen LogP) is 6.52. The Balaban J connectivity index is 2.28. The van der Waals surface area contributed by atoms with Gasteiger partial charge < -0.3 is 18.6 Å². The van der Waals surface area contributed by atoms with Gasteiger partial charge in [-0.25, -0.2) is 4.79 Å². The summed E-state index contributed by atoms with van der Waals surface area (Å²) in [4.78, 5) is 24.4. The Bertz CT molecular complexity index is 1080. The lowest BCUT2D eigenvalue weighted by molar-refractivity contribution is -0.131. The normalized spacial score (nSPS) is 11.6. The van der Waals surface area contributed by atoms with Gasteiger partial charge in [-0.2, -0.15) is 0 Å². The van der Waals surface area contributed by atoms with Gasteiger partial charge in [0.15, 0.2) is 17.1 Å². The third-order valence-electron chi connectivity index (χ3n) is 4.75. The molecule has 2 aromatic rings. The minimum atomic E-state index is -0.720. The van der Waals surface area contributed by atoms with Crippen molar-refractivity contribution in [2.45, 2.75) is 60.3 Å². The second-order valence-electron chi connectivity index (χ2n) is 7.97. The maximum absolute atomic E-state index is 12.7. The largest absolute Gasteiger partial charge is 0.486 e. The van der Waals surface area contributed by atoms with E-state index in [4.69, 9.17) is 18.6 Å². The first kappa shape index (κ1) is 26.0. The van der Waals surface area contributed by atoms with Gasteiger partial charge in [0.25, 0.3) is 0 Å². The molecule has 0 aliphatic heterocycles. The molecule has 178 valence electrons. The van der Waals surface area contributed by atoms with E-state index in [2.05, 4.69) is 26.8 Å². The van der Waals surface area contributed by atoms with Gasteiger partial charge in [-0.15, -0.1) is 0 Å². The van der Waals surface area contributed by atoms with Crippen molar-refractivity contribution >= 4 is 16.9 Å². The molecule has 0 radical (unpaired) electrons. The minimum absolute atomic E-state index is 0.0483. The second kappa shape index (κ2) is 13.3. The summed E-state index contributed by atoms with van der Waals surface area (Å²) in [6.07, 6.45) is 11.7. The highest BCUT2D eigenvalue weighted by atomic mass is 16.6. The second-order valence-corrected chi connectivity index (χ2v) is 7.97. The topological polar surface area (TPSA) is 75.0 Å². The zero-order valence-corrected chi connectivity index (χ0v) is 20.2. The summed E-state index contributed by atoms with van der Waals surface area (Å²) in [6, 6.07) is 5.17. The Morgan fingerprint density at radius 3 is 2.48 bits per heavy atom. The van der Waals surface area contributed by atoms with Crippen LogP contribution in [0.5, 0.6) is 17.2 Å². The van der Waals surface area contributed by atoms with Gasteiger partial charge >= 0.3 is 11.6 Å². The summed E-state index contributed by atoms with van der Waals surface area (Å²) in [5, 5.41) is 0.436. The minimum Gasteiger partial charge on any atom is -0.486 e. The first-order valence-electron chi connectivity index (χ1n) is 11.3. The van der Waals surface area contributed by atoms with Crippen LogP contribution in [-0.4, -0.2) is 19.2 Å². The average Bonchev–Trinajstić information content (AvgIpc) is 2.75. The van der Waals surface area contributed by atoms with Crippen LogP contribution >= 0.6 is 0 Å². The van der Waals surface area contributed by atoms with E-state index in [1.165, 1.54) is 18.1 Å². The summed E-state index contributed by atoms with van der Waals surface area (Å²) in [7, 11) is 0. The van der Waals surface area contributed by atoms with Crippen LogP contribution in [0, 0.1) is 0 Å². The lowest BCUT2D eigenvalue weighted by Gasteiger charge is -2.13. The first-order valence-corrected chi connectivity index (χ1v) is 11.3. The van der Waals surface area contributed by atoms with Crippen molar-refractivity contribution in [3.63, 3.8) is 0 Å². The van der Waals surface area contributed by atoms with Crippen molar-refractivity contribution < 1.29 is 23.4 Å². The van der Waals surface area contributed by atoms with E-state index in [1.807, 2.05) is 25.2 Å². The Morgan fingerprint density at radius 1 is 1.00 bits per heavy atom. The molecule has 0 unspecified atom stereocenters. The molecule has 1 aromatic carbocycles. The van der Waals surface area contributed by atoms with E-state index < -0.39 is 11.6 Å². The van der Waals surface area contributed by atoms with Crippen molar-refractivity contribution in [2.24, 2.45) is 0 Å². The molecule has 0 spiro atoms. The van der Waals surface area contributed by atoms with Crippen LogP contribution in [0.2, 0.25) is 0 Å². The Hall–Kier alpha value is -3.28. The summed E-state index contributed by atoms with van der Waals surface area (Å²) < 4.78 is 22.4. The Labute approximate surface area is 195 Å². The molecule has 0 aliphatic rings. The lowest BCUT2D eigenvalue weighted by atomic mass is 10.1. The van der Waals surface area contributed by atoms with Crippen molar-refractivity contribution in [3.8, 4) is 17.2 Å². The third kappa shape index (κ3) is 8.29. The molecule has 0 fully saturated rings. The lowest BCUT2D eigenvalue weighted by Crippen LogP contribution is -2.13. The summed E-state index contributed by atoms with van der Waals surface area (Å²) in [5.74, 6) is -0.232. The SMILES string of the molecule is CCC=CCCOc1c(OC(C)=O)c2cccc(OCC=C(C)CCC=C(C)C)c2oc1=O. The molecule has 0 saturated heterocycles. The molecule has 0 atom stereocenters. The summed E-state index contributed by atoms with van der Waals surface area (Å²) in [5.41, 5.74) is 2.01. The highest BCUT2D eigenvalue weighted by Gasteiger charge is 2.21. The molecule has 0 aliphatic carbocycles. The van der Waals surface area contributed by atoms with E-state index in [1.54, 1.807) is 18.2 Å². The molecule has 0 saturated carbocycles. The number of hydrogen-bond donors (Lipinski definition) is 0. The highest BCUT2D eigenvalue weighted by Crippen LogP contribution is 2.37. The number of allylic oxidation sites excluding steroid dienone is 4. The van der Waals surface area contributed by atoms with Crippen LogP contribution in [0.15, 0.2) is 62.9 Å². The number of para-hydroxylation sites is 1. The van der Waals surface area contributed by atoms with Crippen LogP contribution in [0.3, 0.4) is 0 Å². The maximum Gasteiger partial charge on any atom is 0.383 e. The fourth-order valence-corrected chi connectivity index (χ4v) is 3.11. The molecule has 1 aromatic heterocycles. The smallest absolute Gasteiger partial charge is 0.383 e. The van der Waals surface area contributed by atoms with E-state index in [0.717, 1.165) is 19.3 Å². The first-order chi connectivity index (χ1) is 15.8. The molecule has 33 heavy (non-hydrogen) atoms. The fourth-order valence-electron chi connectivity index (χ4n) is 3.11. The number of ether oxygens (including phenoxy) is 3. The Morgan fingerprint density at radius 2 is 1.79 bits per heavy atom. The monoisotopic (exact) mass is 454 g/mol. The van der Waals surface area contributed by atoms with Crippen molar-refractivity contribution in [3.05, 3.63) is 64.1 Å². The van der Waals surface area contributed by atoms with Crippen molar-refractivity contribution in [1.29, 1.82) is 0 Å². The fraction of sp³-hybridized carbons (Fsp3) is 0.407. The van der Waals surface area contributed by atoms with E-state index in [0.29, 0.717) is 24.2 Å². The van der Waals surface area contributed by atoms with Crippen LogP contribution in [0.4, 0.5) is 0 Å². The van der Waals surface area contributed by atoms with Gasteiger partial charge in [0, 0.05) is 6.92 Å². The van der Waals surface area contributed by atoms with Gasteiger partial charge in [0.1, 0.15) is 6.61 Å². The van der Waals surface area contributed by atoms with Gasteiger partial charge in [-0.05, 0) is 64.7 Å². The number of fused-ring (bicyclic) bond motifs is 1. The van der Waals surface area contributed by atoms with Crippen LogP contribution in [0.1, 0.15) is 60.3 Å². The number of hydrogen-bond acceptors (Lipinski definition) is 6. The highest BCUT2D eigenvalue weighted by molar-refractivity contribution is 5.91. The Kier molecular flexibility index (Phi) is 10.5. The number of benzene rings is 1. The average molecular weight is 455 g/mol.